The minimum atomic E-state index is 0.549. The maximum absolute atomic E-state index is 3.90. The molecule has 3 atom stereocenters. The number of likely N-dealkylation sites (N-methyl/N-ethyl adjacent to an activating group) is 1. The highest BCUT2D eigenvalue weighted by Crippen LogP contribution is 2.33. The molecular weight excluding hydrogens is 146 g/mol. The molecule has 0 saturated heterocycles. The molecule has 0 spiro atoms. The Labute approximate surface area is 76.2 Å². The number of nitrogens with one attached hydrogen (secondary N) is 1. The third-order valence-electron chi connectivity index (χ3n) is 3.08. The topological polar surface area (TPSA) is 12.0 Å². The summed E-state index contributed by atoms with van der Waals surface area (Å²) >= 11 is 0. The van der Waals surface area contributed by atoms with Crippen molar-refractivity contribution in [2.24, 2.45) is 11.8 Å². The Morgan fingerprint density at radius 2 is 2.33 bits per heavy atom. The fraction of sp³-hybridized carbons (Fsp3) is 0.818. The molecule has 1 aliphatic carbocycles. The zero-order valence-electron chi connectivity index (χ0n) is 8.34. The van der Waals surface area contributed by atoms with Gasteiger partial charge in [-0.1, -0.05) is 32.8 Å². The van der Waals surface area contributed by atoms with E-state index in [0.717, 1.165) is 18.4 Å². The average Bonchev–Trinajstić information content (AvgIpc) is 2.47. The van der Waals surface area contributed by atoms with Gasteiger partial charge in [0.2, 0.25) is 0 Å². The summed E-state index contributed by atoms with van der Waals surface area (Å²) in [6, 6.07) is 0.549. The summed E-state index contributed by atoms with van der Waals surface area (Å²) in [5.41, 5.74) is 0. The predicted molar refractivity (Wildman–Crippen MR) is 54.2 cm³/mol. The maximum Gasteiger partial charge on any atom is 0.0278 e. The van der Waals surface area contributed by atoms with Crippen LogP contribution in [0.3, 0.4) is 0 Å². The van der Waals surface area contributed by atoms with E-state index in [1.54, 1.807) is 0 Å². The Balaban J connectivity index is 2.46. The minimum absolute atomic E-state index is 0.549. The van der Waals surface area contributed by atoms with E-state index in [0.29, 0.717) is 6.04 Å². The van der Waals surface area contributed by atoms with Crippen LogP contribution in [0.2, 0.25) is 0 Å². The summed E-state index contributed by atoms with van der Waals surface area (Å²) in [6.07, 6.45) is 6.27. The van der Waals surface area contributed by atoms with Crippen LogP contribution in [0.25, 0.3) is 0 Å². The van der Waals surface area contributed by atoms with Crippen LogP contribution in [-0.4, -0.2) is 12.6 Å². The second-order valence-electron chi connectivity index (χ2n) is 3.89. The molecule has 3 unspecified atom stereocenters. The van der Waals surface area contributed by atoms with E-state index in [4.69, 9.17) is 0 Å². The second-order valence-corrected chi connectivity index (χ2v) is 3.89. The summed E-state index contributed by atoms with van der Waals surface area (Å²) in [5, 5.41) is 3.49. The molecule has 0 aromatic carbocycles. The van der Waals surface area contributed by atoms with Crippen LogP contribution in [-0.2, 0) is 0 Å². The normalized spacial score (nSPS) is 31.8. The molecule has 0 aromatic heterocycles. The molecule has 1 rings (SSSR count). The molecule has 70 valence electrons. The van der Waals surface area contributed by atoms with Gasteiger partial charge >= 0.3 is 0 Å². The van der Waals surface area contributed by atoms with Gasteiger partial charge in [0.05, 0.1) is 0 Å². The zero-order valence-corrected chi connectivity index (χ0v) is 8.34. The van der Waals surface area contributed by atoms with Crippen molar-refractivity contribution in [3.8, 4) is 0 Å². The van der Waals surface area contributed by atoms with Crippen LogP contribution in [0.5, 0.6) is 0 Å². The van der Waals surface area contributed by atoms with Gasteiger partial charge in [-0.2, -0.15) is 0 Å². The molecule has 1 N–H and O–H groups in total. The maximum atomic E-state index is 3.90. The van der Waals surface area contributed by atoms with E-state index in [-0.39, 0.29) is 0 Å². The number of rotatable bonds is 4. The van der Waals surface area contributed by atoms with Crippen molar-refractivity contribution >= 4 is 0 Å². The third kappa shape index (κ3) is 2.10. The van der Waals surface area contributed by atoms with Crippen molar-refractivity contribution < 1.29 is 0 Å². The molecule has 1 aliphatic rings. The first-order chi connectivity index (χ1) is 5.79. The number of hydrogen-bond acceptors (Lipinski definition) is 1. The van der Waals surface area contributed by atoms with Crippen LogP contribution in [0.4, 0.5) is 0 Å². The van der Waals surface area contributed by atoms with E-state index in [9.17, 15) is 0 Å². The summed E-state index contributed by atoms with van der Waals surface area (Å²) in [7, 11) is 0. The van der Waals surface area contributed by atoms with Crippen LogP contribution in [0.15, 0.2) is 12.7 Å². The molecule has 0 aromatic rings. The Hall–Kier alpha value is -0.300. The molecule has 1 fully saturated rings. The molecule has 0 radical (unpaired) electrons. The Morgan fingerprint density at radius 3 is 2.75 bits per heavy atom. The van der Waals surface area contributed by atoms with E-state index < -0.39 is 0 Å². The van der Waals surface area contributed by atoms with Crippen LogP contribution in [0, 0.1) is 11.8 Å². The first-order valence-electron chi connectivity index (χ1n) is 5.15. The van der Waals surface area contributed by atoms with Gasteiger partial charge in [0.15, 0.2) is 0 Å². The van der Waals surface area contributed by atoms with E-state index in [1.807, 2.05) is 0 Å². The first-order valence-corrected chi connectivity index (χ1v) is 5.15. The average molecular weight is 167 g/mol. The fourth-order valence-electron chi connectivity index (χ4n) is 2.35. The molecule has 1 nitrogen and oxygen atoms in total. The summed E-state index contributed by atoms with van der Waals surface area (Å²) in [5.74, 6) is 1.72. The highest BCUT2D eigenvalue weighted by Gasteiger charge is 2.28. The molecule has 1 heteroatoms. The van der Waals surface area contributed by atoms with Gasteiger partial charge in [-0.25, -0.2) is 0 Å². The van der Waals surface area contributed by atoms with Gasteiger partial charge in [-0.15, -0.1) is 6.58 Å². The number of hydrogen-bond donors (Lipinski definition) is 1. The zero-order chi connectivity index (χ0) is 8.97. The minimum Gasteiger partial charge on any atom is -0.311 e. The summed E-state index contributed by atoms with van der Waals surface area (Å²) < 4.78 is 0. The standard InChI is InChI=1S/C11H21N/c1-4-11(12-5-2)10-8-6-7-9(10)3/h4,9-12H,1,5-8H2,2-3H3. The lowest BCUT2D eigenvalue weighted by molar-refractivity contribution is 0.342. The van der Waals surface area contributed by atoms with Gasteiger partial charge in [-0.3, -0.25) is 0 Å². The first kappa shape index (κ1) is 9.79. The SMILES string of the molecule is C=CC(NCC)C1CCCC1C. The molecule has 0 aliphatic heterocycles. The third-order valence-corrected chi connectivity index (χ3v) is 3.08. The van der Waals surface area contributed by atoms with Crippen molar-refractivity contribution in [1.82, 2.24) is 5.32 Å². The highest BCUT2D eigenvalue weighted by atomic mass is 14.9. The van der Waals surface area contributed by atoms with Crippen LogP contribution in [0.1, 0.15) is 33.1 Å². The summed E-state index contributed by atoms with van der Waals surface area (Å²) in [4.78, 5) is 0. The van der Waals surface area contributed by atoms with Gasteiger partial charge in [-0.05, 0) is 24.8 Å². The fourth-order valence-corrected chi connectivity index (χ4v) is 2.35. The van der Waals surface area contributed by atoms with E-state index in [1.165, 1.54) is 19.3 Å². The quantitative estimate of drug-likeness (QED) is 0.635. The van der Waals surface area contributed by atoms with Crippen molar-refractivity contribution in [3.63, 3.8) is 0 Å². The largest absolute Gasteiger partial charge is 0.311 e. The van der Waals surface area contributed by atoms with Crippen molar-refractivity contribution in [3.05, 3.63) is 12.7 Å². The van der Waals surface area contributed by atoms with Gasteiger partial charge < -0.3 is 5.32 Å². The monoisotopic (exact) mass is 167 g/mol. The Morgan fingerprint density at radius 1 is 1.58 bits per heavy atom. The molecular formula is C11H21N. The Kier molecular flexibility index (Phi) is 3.80. The molecule has 0 amide bonds. The molecule has 1 saturated carbocycles. The lowest BCUT2D eigenvalue weighted by atomic mass is 9.90. The lowest BCUT2D eigenvalue weighted by Crippen LogP contribution is -2.35. The smallest absolute Gasteiger partial charge is 0.0278 e. The van der Waals surface area contributed by atoms with Crippen molar-refractivity contribution in [1.29, 1.82) is 0 Å². The molecule has 0 bridgehead atoms. The molecule has 12 heavy (non-hydrogen) atoms. The van der Waals surface area contributed by atoms with Gasteiger partial charge in [0.25, 0.3) is 0 Å². The van der Waals surface area contributed by atoms with Gasteiger partial charge in [0, 0.05) is 6.04 Å². The summed E-state index contributed by atoms with van der Waals surface area (Å²) in [6.45, 7) is 9.48. The lowest BCUT2D eigenvalue weighted by Gasteiger charge is -2.24. The van der Waals surface area contributed by atoms with Gasteiger partial charge in [0.1, 0.15) is 0 Å². The Bertz CT molecular complexity index is 142. The second kappa shape index (κ2) is 4.66. The predicted octanol–water partition coefficient (Wildman–Crippen LogP) is 2.59. The van der Waals surface area contributed by atoms with E-state index >= 15 is 0 Å². The van der Waals surface area contributed by atoms with E-state index in [2.05, 4.69) is 31.8 Å². The van der Waals surface area contributed by atoms with Crippen LogP contribution < -0.4 is 5.32 Å². The van der Waals surface area contributed by atoms with Crippen molar-refractivity contribution in [2.45, 2.75) is 39.2 Å². The highest BCUT2D eigenvalue weighted by molar-refractivity contribution is 4.94. The molecule has 0 heterocycles. The van der Waals surface area contributed by atoms with Crippen LogP contribution >= 0.6 is 0 Å². The van der Waals surface area contributed by atoms with Crippen molar-refractivity contribution in [2.75, 3.05) is 6.54 Å².